The van der Waals surface area contributed by atoms with Crippen molar-refractivity contribution in [3.8, 4) is 0 Å². The molecule has 4 rings (SSSR count). The van der Waals surface area contributed by atoms with Gasteiger partial charge in [0.1, 0.15) is 6.54 Å². The van der Waals surface area contributed by atoms with E-state index in [9.17, 15) is 14.4 Å². The summed E-state index contributed by atoms with van der Waals surface area (Å²) in [6.07, 6.45) is 1.19. The van der Waals surface area contributed by atoms with Gasteiger partial charge in [-0.05, 0) is 24.1 Å². The molecule has 3 amide bonds. The average Bonchev–Trinajstić information content (AvgIpc) is 3.03. The molecule has 0 bridgehead atoms. The number of amides is 3. The van der Waals surface area contributed by atoms with Crippen LogP contribution in [0.2, 0.25) is 0 Å². The summed E-state index contributed by atoms with van der Waals surface area (Å²) in [5.74, 6) is -0.412. The Morgan fingerprint density at radius 3 is 2.42 bits per heavy atom. The van der Waals surface area contributed by atoms with Crippen molar-refractivity contribution in [2.75, 3.05) is 42.9 Å². The van der Waals surface area contributed by atoms with Gasteiger partial charge in [0.2, 0.25) is 17.7 Å². The van der Waals surface area contributed by atoms with Gasteiger partial charge in [0.25, 0.3) is 0 Å². The second-order valence-electron chi connectivity index (χ2n) is 8.04. The molecule has 0 spiro atoms. The summed E-state index contributed by atoms with van der Waals surface area (Å²) in [5.41, 5.74) is 2.59. The number of hydrogen-bond donors (Lipinski definition) is 1. The van der Waals surface area contributed by atoms with E-state index in [1.165, 1.54) is 10.5 Å². The first-order valence-electron chi connectivity index (χ1n) is 10.8. The van der Waals surface area contributed by atoms with Gasteiger partial charge < -0.3 is 15.1 Å². The lowest BCUT2D eigenvalue weighted by atomic mass is 10.1. The number of benzene rings is 2. The monoisotopic (exact) mass is 420 g/mol. The summed E-state index contributed by atoms with van der Waals surface area (Å²) in [4.78, 5) is 43.2. The number of carbonyl (C=O) groups is 3. The fourth-order valence-electron chi connectivity index (χ4n) is 4.18. The molecular weight excluding hydrogens is 392 g/mol. The van der Waals surface area contributed by atoms with E-state index < -0.39 is 0 Å². The molecule has 162 valence electrons. The number of nitrogens with zero attached hydrogens (tertiary/aromatic N) is 3. The molecule has 0 unspecified atom stereocenters. The summed E-state index contributed by atoms with van der Waals surface area (Å²) in [6, 6.07) is 17.6. The number of para-hydroxylation sites is 2. The van der Waals surface area contributed by atoms with Crippen molar-refractivity contribution < 1.29 is 14.4 Å². The zero-order chi connectivity index (χ0) is 21.6. The zero-order valence-corrected chi connectivity index (χ0v) is 17.6. The summed E-state index contributed by atoms with van der Waals surface area (Å²) in [6.45, 7) is 4.05. The minimum Gasteiger partial charge on any atom is -0.341 e. The Labute approximate surface area is 182 Å². The Bertz CT molecular complexity index is 947. The first-order valence-corrected chi connectivity index (χ1v) is 10.8. The van der Waals surface area contributed by atoms with Gasteiger partial charge in [-0.1, -0.05) is 42.5 Å². The number of fused-ring (bicyclic) bond motifs is 1. The predicted molar refractivity (Wildman–Crippen MR) is 120 cm³/mol. The smallest absolute Gasteiger partial charge is 0.244 e. The van der Waals surface area contributed by atoms with Crippen molar-refractivity contribution in [3.63, 3.8) is 0 Å². The maximum Gasteiger partial charge on any atom is 0.244 e. The lowest BCUT2D eigenvalue weighted by molar-refractivity contribution is -0.133. The molecule has 2 aromatic carbocycles. The minimum atomic E-state index is -0.218. The van der Waals surface area contributed by atoms with Crippen LogP contribution in [0.25, 0.3) is 0 Å². The van der Waals surface area contributed by atoms with Crippen LogP contribution in [-0.4, -0.2) is 60.2 Å². The number of hydrogen-bond acceptors (Lipinski definition) is 4. The molecule has 2 aromatic rings. The van der Waals surface area contributed by atoms with E-state index in [0.717, 1.165) is 26.1 Å². The second-order valence-corrected chi connectivity index (χ2v) is 8.04. The second kappa shape index (κ2) is 9.75. The molecule has 2 aliphatic rings. The van der Waals surface area contributed by atoms with Crippen LogP contribution in [0, 0.1) is 0 Å². The van der Waals surface area contributed by atoms with Gasteiger partial charge in [0, 0.05) is 45.6 Å². The quantitative estimate of drug-likeness (QED) is 0.807. The maximum absolute atomic E-state index is 12.8. The van der Waals surface area contributed by atoms with Crippen LogP contribution in [0.15, 0.2) is 54.6 Å². The zero-order valence-electron chi connectivity index (χ0n) is 17.6. The fourth-order valence-corrected chi connectivity index (χ4v) is 4.18. The first kappa shape index (κ1) is 21.1. The molecule has 0 aromatic heterocycles. The van der Waals surface area contributed by atoms with Gasteiger partial charge >= 0.3 is 0 Å². The van der Waals surface area contributed by atoms with Crippen molar-refractivity contribution in [2.24, 2.45) is 0 Å². The van der Waals surface area contributed by atoms with Gasteiger partial charge in [-0.3, -0.25) is 19.3 Å². The molecule has 2 aliphatic heterocycles. The lowest BCUT2D eigenvalue weighted by Crippen LogP contribution is -2.42. The molecule has 0 atom stereocenters. The largest absolute Gasteiger partial charge is 0.341 e. The molecule has 1 N–H and O–H groups in total. The Hall–Kier alpha value is -3.19. The van der Waals surface area contributed by atoms with Crippen LogP contribution < -0.4 is 10.2 Å². The highest BCUT2D eigenvalue weighted by Crippen LogP contribution is 2.29. The lowest BCUT2D eigenvalue weighted by Gasteiger charge is -2.29. The van der Waals surface area contributed by atoms with Crippen molar-refractivity contribution >= 4 is 29.1 Å². The number of nitrogens with one attached hydrogen (secondary N) is 1. The normalized spacial score (nSPS) is 17.0. The van der Waals surface area contributed by atoms with Gasteiger partial charge in [0.15, 0.2) is 0 Å². The van der Waals surface area contributed by atoms with Crippen LogP contribution in [-0.2, 0) is 20.9 Å². The summed E-state index contributed by atoms with van der Waals surface area (Å²) >= 11 is 0. The van der Waals surface area contributed by atoms with Crippen LogP contribution in [0.1, 0.15) is 24.8 Å². The molecule has 0 saturated carbocycles. The number of anilines is 2. The van der Waals surface area contributed by atoms with Gasteiger partial charge in [-0.15, -0.1) is 0 Å². The highest BCUT2D eigenvalue weighted by molar-refractivity contribution is 6.10. The molecule has 0 aliphatic carbocycles. The van der Waals surface area contributed by atoms with Gasteiger partial charge in [-0.25, -0.2) is 0 Å². The van der Waals surface area contributed by atoms with Crippen LogP contribution in [0.5, 0.6) is 0 Å². The third kappa shape index (κ3) is 5.30. The van der Waals surface area contributed by atoms with Gasteiger partial charge in [0.05, 0.1) is 11.4 Å². The topological polar surface area (TPSA) is 73.0 Å². The maximum atomic E-state index is 12.8. The van der Waals surface area contributed by atoms with Crippen molar-refractivity contribution in [2.45, 2.75) is 25.8 Å². The molecule has 1 fully saturated rings. The number of carbonyl (C=O) groups excluding carboxylic acids is 3. The van der Waals surface area contributed by atoms with E-state index in [4.69, 9.17) is 0 Å². The number of rotatable bonds is 5. The standard InChI is InChI=1S/C24H28N4O3/c29-22-18-28(21-10-5-4-9-20(21)25-22)24(31)12-11-23(30)27-14-6-13-26(15-16-27)17-19-7-2-1-3-8-19/h1-5,7-10H,6,11-18H2,(H,25,29). The van der Waals surface area contributed by atoms with Crippen LogP contribution in [0.4, 0.5) is 11.4 Å². The Morgan fingerprint density at radius 2 is 1.58 bits per heavy atom. The first-order chi connectivity index (χ1) is 15.1. The third-order valence-corrected chi connectivity index (χ3v) is 5.81. The van der Waals surface area contributed by atoms with E-state index in [0.29, 0.717) is 24.5 Å². The van der Waals surface area contributed by atoms with Gasteiger partial charge in [-0.2, -0.15) is 0 Å². The predicted octanol–water partition coefficient (Wildman–Crippen LogP) is 2.49. The molecule has 7 nitrogen and oxygen atoms in total. The Morgan fingerprint density at radius 1 is 0.839 bits per heavy atom. The van der Waals surface area contributed by atoms with E-state index in [-0.39, 0.29) is 37.1 Å². The molecule has 1 saturated heterocycles. The highest BCUT2D eigenvalue weighted by Gasteiger charge is 2.27. The van der Waals surface area contributed by atoms with Crippen molar-refractivity contribution in [3.05, 3.63) is 60.2 Å². The van der Waals surface area contributed by atoms with Crippen LogP contribution in [0.3, 0.4) is 0 Å². The fraction of sp³-hybridized carbons (Fsp3) is 0.375. The molecular formula is C24H28N4O3. The van der Waals surface area contributed by atoms with E-state index >= 15 is 0 Å². The minimum absolute atomic E-state index is 0.00431. The summed E-state index contributed by atoms with van der Waals surface area (Å²) < 4.78 is 0. The van der Waals surface area contributed by atoms with E-state index in [2.05, 4.69) is 22.3 Å². The van der Waals surface area contributed by atoms with Crippen LogP contribution >= 0.6 is 0 Å². The SMILES string of the molecule is O=C1CN(C(=O)CCC(=O)N2CCCN(Cc3ccccc3)CC2)c2ccccc2N1. The van der Waals surface area contributed by atoms with Crippen molar-refractivity contribution in [1.82, 2.24) is 9.80 Å². The molecule has 7 heteroatoms. The Balaban J connectivity index is 1.29. The summed E-state index contributed by atoms with van der Waals surface area (Å²) in [7, 11) is 0. The van der Waals surface area contributed by atoms with E-state index in [1.807, 2.05) is 41.3 Å². The molecule has 31 heavy (non-hydrogen) atoms. The molecule has 0 radical (unpaired) electrons. The highest BCUT2D eigenvalue weighted by atomic mass is 16.2. The average molecular weight is 421 g/mol. The third-order valence-electron chi connectivity index (χ3n) is 5.81. The Kier molecular flexibility index (Phi) is 6.62. The molecule has 2 heterocycles. The summed E-state index contributed by atoms with van der Waals surface area (Å²) in [5, 5.41) is 2.78. The van der Waals surface area contributed by atoms with E-state index in [1.54, 1.807) is 6.07 Å². The van der Waals surface area contributed by atoms with Crippen molar-refractivity contribution in [1.29, 1.82) is 0 Å².